The number of para-hydroxylation sites is 1. The Balaban J connectivity index is 2.21. The molecule has 4 nitrogen and oxygen atoms in total. The van der Waals surface area contributed by atoms with Gasteiger partial charge in [-0.25, -0.2) is 0 Å². The predicted octanol–water partition coefficient (Wildman–Crippen LogP) is 3.16. The van der Waals surface area contributed by atoms with Gasteiger partial charge in [-0.1, -0.05) is 32.0 Å². The van der Waals surface area contributed by atoms with Crippen molar-refractivity contribution in [1.29, 1.82) is 0 Å². The summed E-state index contributed by atoms with van der Waals surface area (Å²) in [7, 11) is 0. The fraction of sp³-hybridized carbons (Fsp3) is 0.267. The maximum absolute atomic E-state index is 12.4. The summed E-state index contributed by atoms with van der Waals surface area (Å²) in [5, 5.41) is 5.11. The number of nitrogen functional groups attached to an aromatic ring is 1. The van der Waals surface area contributed by atoms with E-state index in [9.17, 15) is 4.79 Å². The van der Waals surface area contributed by atoms with E-state index in [-0.39, 0.29) is 11.9 Å². The minimum Gasteiger partial charge on any atom is -0.344 e. The third kappa shape index (κ3) is 3.18. The van der Waals surface area contributed by atoms with Crippen LogP contribution in [0.3, 0.4) is 0 Å². The lowest BCUT2D eigenvalue weighted by Crippen LogP contribution is -2.32. The van der Waals surface area contributed by atoms with E-state index in [1.807, 2.05) is 29.6 Å². The molecular weight excluding hydrogens is 270 g/mol. The van der Waals surface area contributed by atoms with Crippen LogP contribution in [0.15, 0.2) is 41.8 Å². The first-order chi connectivity index (χ1) is 9.63. The summed E-state index contributed by atoms with van der Waals surface area (Å²) in [6, 6.07) is 11.3. The predicted molar refractivity (Wildman–Crippen MR) is 83.6 cm³/mol. The maximum atomic E-state index is 12.4. The number of nitrogens with one attached hydrogen (secondary N) is 2. The Hall–Kier alpha value is -1.85. The summed E-state index contributed by atoms with van der Waals surface area (Å²) >= 11 is 1.65. The number of hydrogen-bond donors (Lipinski definition) is 3. The first kappa shape index (κ1) is 14.6. The highest BCUT2D eigenvalue weighted by Crippen LogP contribution is 2.26. The molecule has 0 saturated heterocycles. The SMILES string of the molecule is CC(C)C(NC(=O)c1ccccc1NN)c1cccs1. The standard InChI is InChI=1S/C15H19N3OS/c1-10(2)14(13-8-5-9-20-13)17-15(19)11-6-3-4-7-12(11)18-16/h3-10,14,18H,16H2,1-2H3,(H,17,19). The molecule has 5 heteroatoms. The fourth-order valence-corrected chi connectivity index (χ4v) is 3.01. The lowest BCUT2D eigenvalue weighted by Gasteiger charge is -2.22. The van der Waals surface area contributed by atoms with Gasteiger partial charge in [0.25, 0.3) is 5.91 Å². The number of carbonyl (C=O) groups is 1. The van der Waals surface area contributed by atoms with Crippen molar-refractivity contribution >= 4 is 22.9 Å². The van der Waals surface area contributed by atoms with Gasteiger partial charge >= 0.3 is 0 Å². The van der Waals surface area contributed by atoms with Crippen molar-refractivity contribution in [2.24, 2.45) is 11.8 Å². The van der Waals surface area contributed by atoms with Crippen LogP contribution in [0.1, 0.15) is 35.1 Å². The monoisotopic (exact) mass is 289 g/mol. The normalized spacial score (nSPS) is 12.2. The highest BCUT2D eigenvalue weighted by molar-refractivity contribution is 7.10. The second-order valence-electron chi connectivity index (χ2n) is 4.90. The van der Waals surface area contributed by atoms with Gasteiger partial charge in [0.15, 0.2) is 0 Å². The summed E-state index contributed by atoms with van der Waals surface area (Å²) in [5.41, 5.74) is 3.73. The molecule has 1 unspecified atom stereocenters. The van der Waals surface area contributed by atoms with E-state index in [1.54, 1.807) is 23.5 Å². The Kier molecular flexibility index (Phi) is 4.76. The quantitative estimate of drug-likeness (QED) is 0.585. The lowest BCUT2D eigenvalue weighted by atomic mass is 10.0. The van der Waals surface area contributed by atoms with Gasteiger partial charge in [0.2, 0.25) is 0 Å². The molecule has 0 aliphatic heterocycles. The molecule has 0 spiro atoms. The van der Waals surface area contributed by atoms with Gasteiger partial charge in [0, 0.05) is 4.88 Å². The molecule has 2 aromatic rings. The molecular formula is C15H19N3OS. The van der Waals surface area contributed by atoms with Crippen LogP contribution in [0.25, 0.3) is 0 Å². The van der Waals surface area contributed by atoms with E-state index < -0.39 is 0 Å². The van der Waals surface area contributed by atoms with Crippen LogP contribution in [0.5, 0.6) is 0 Å². The van der Waals surface area contributed by atoms with Gasteiger partial charge in [-0.3, -0.25) is 10.6 Å². The number of nitrogens with two attached hydrogens (primary N) is 1. The summed E-state index contributed by atoms with van der Waals surface area (Å²) in [6.45, 7) is 4.19. The zero-order chi connectivity index (χ0) is 14.5. The summed E-state index contributed by atoms with van der Waals surface area (Å²) in [6.07, 6.45) is 0. The van der Waals surface area contributed by atoms with Gasteiger partial charge in [0.05, 0.1) is 17.3 Å². The summed E-state index contributed by atoms with van der Waals surface area (Å²) in [4.78, 5) is 13.6. The third-order valence-corrected chi connectivity index (χ3v) is 4.09. The molecule has 0 radical (unpaired) electrons. The molecule has 106 valence electrons. The molecule has 1 aromatic heterocycles. The minimum atomic E-state index is -0.120. The van der Waals surface area contributed by atoms with Crippen LogP contribution in [-0.2, 0) is 0 Å². The Morgan fingerprint density at radius 3 is 2.55 bits per heavy atom. The zero-order valence-corrected chi connectivity index (χ0v) is 12.4. The van der Waals surface area contributed by atoms with Crippen molar-refractivity contribution in [2.75, 3.05) is 5.43 Å². The Morgan fingerprint density at radius 1 is 1.20 bits per heavy atom. The smallest absolute Gasteiger partial charge is 0.253 e. The van der Waals surface area contributed by atoms with Crippen LogP contribution in [0.4, 0.5) is 5.69 Å². The van der Waals surface area contributed by atoms with Crippen molar-refractivity contribution in [2.45, 2.75) is 19.9 Å². The number of benzene rings is 1. The highest BCUT2D eigenvalue weighted by atomic mass is 32.1. The summed E-state index contributed by atoms with van der Waals surface area (Å²) in [5.74, 6) is 5.64. The van der Waals surface area contributed by atoms with Crippen LogP contribution in [0.2, 0.25) is 0 Å². The second kappa shape index (κ2) is 6.54. The van der Waals surface area contributed by atoms with E-state index in [0.29, 0.717) is 17.2 Å². The minimum absolute atomic E-state index is 0.00771. The molecule has 1 aromatic carbocycles. The third-order valence-electron chi connectivity index (χ3n) is 3.13. The van der Waals surface area contributed by atoms with Gasteiger partial charge in [-0.05, 0) is 29.5 Å². The van der Waals surface area contributed by atoms with Crippen LogP contribution < -0.4 is 16.6 Å². The highest BCUT2D eigenvalue weighted by Gasteiger charge is 2.21. The average molecular weight is 289 g/mol. The van der Waals surface area contributed by atoms with Gasteiger partial charge in [-0.15, -0.1) is 11.3 Å². The number of rotatable bonds is 5. The van der Waals surface area contributed by atoms with E-state index in [0.717, 1.165) is 4.88 Å². The molecule has 0 aliphatic rings. The number of hydrazine groups is 1. The van der Waals surface area contributed by atoms with E-state index in [4.69, 9.17) is 5.84 Å². The van der Waals surface area contributed by atoms with Crippen LogP contribution >= 0.6 is 11.3 Å². The van der Waals surface area contributed by atoms with Crippen molar-refractivity contribution in [3.63, 3.8) is 0 Å². The molecule has 1 heterocycles. The lowest BCUT2D eigenvalue weighted by molar-refractivity contribution is 0.0927. The molecule has 2 rings (SSSR count). The molecule has 0 aliphatic carbocycles. The molecule has 1 amide bonds. The largest absolute Gasteiger partial charge is 0.344 e. The molecule has 0 bridgehead atoms. The molecule has 0 saturated carbocycles. The van der Waals surface area contributed by atoms with E-state index in [2.05, 4.69) is 24.6 Å². The van der Waals surface area contributed by atoms with Gasteiger partial charge in [-0.2, -0.15) is 0 Å². The fourth-order valence-electron chi connectivity index (χ4n) is 2.06. The number of hydrogen-bond acceptors (Lipinski definition) is 4. The number of carbonyl (C=O) groups excluding carboxylic acids is 1. The first-order valence-corrected chi connectivity index (χ1v) is 7.41. The second-order valence-corrected chi connectivity index (χ2v) is 5.88. The Bertz CT molecular complexity index is 566. The maximum Gasteiger partial charge on any atom is 0.253 e. The zero-order valence-electron chi connectivity index (χ0n) is 11.6. The van der Waals surface area contributed by atoms with Crippen LogP contribution in [0, 0.1) is 5.92 Å². The first-order valence-electron chi connectivity index (χ1n) is 6.53. The Labute approximate surface area is 123 Å². The molecule has 20 heavy (non-hydrogen) atoms. The molecule has 0 fully saturated rings. The number of anilines is 1. The van der Waals surface area contributed by atoms with Gasteiger partial charge in [0.1, 0.15) is 0 Å². The van der Waals surface area contributed by atoms with Crippen molar-refractivity contribution in [3.05, 3.63) is 52.2 Å². The Morgan fingerprint density at radius 2 is 1.95 bits per heavy atom. The van der Waals surface area contributed by atoms with Crippen molar-refractivity contribution in [1.82, 2.24) is 5.32 Å². The molecule has 4 N–H and O–H groups in total. The number of thiophene rings is 1. The summed E-state index contributed by atoms with van der Waals surface area (Å²) < 4.78 is 0. The number of amides is 1. The molecule has 1 atom stereocenters. The van der Waals surface area contributed by atoms with Crippen molar-refractivity contribution in [3.8, 4) is 0 Å². The van der Waals surface area contributed by atoms with E-state index >= 15 is 0 Å². The van der Waals surface area contributed by atoms with Gasteiger partial charge < -0.3 is 10.7 Å². The average Bonchev–Trinajstić information content (AvgIpc) is 2.97. The van der Waals surface area contributed by atoms with Crippen molar-refractivity contribution < 1.29 is 4.79 Å². The van der Waals surface area contributed by atoms with E-state index in [1.165, 1.54) is 0 Å². The van der Waals surface area contributed by atoms with Crippen LogP contribution in [-0.4, -0.2) is 5.91 Å². The topological polar surface area (TPSA) is 67.2 Å².